The number of halogens is 1. The molecule has 9 heteroatoms. The number of nitrogens with zero attached hydrogens (tertiary/aromatic N) is 2. The molecule has 38 heavy (non-hydrogen) atoms. The van der Waals surface area contributed by atoms with E-state index in [1.165, 1.54) is 17.7 Å². The van der Waals surface area contributed by atoms with Crippen LogP contribution in [-0.2, 0) is 16.4 Å². The molecule has 3 aliphatic rings. The number of rotatable bonds is 5. The van der Waals surface area contributed by atoms with E-state index in [2.05, 4.69) is 28.2 Å². The first-order chi connectivity index (χ1) is 18.4. The minimum absolute atomic E-state index is 0.0185. The van der Waals surface area contributed by atoms with Crippen molar-refractivity contribution in [2.75, 3.05) is 5.01 Å². The van der Waals surface area contributed by atoms with Crippen molar-refractivity contribution in [2.45, 2.75) is 55.5 Å². The van der Waals surface area contributed by atoms with E-state index < -0.39 is 16.1 Å². The number of nitrogens with one attached hydrogen (secondary N) is 2. The molecule has 2 atom stereocenters. The van der Waals surface area contributed by atoms with Gasteiger partial charge >= 0.3 is 6.03 Å². The van der Waals surface area contributed by atoms with Gasteiger partial charge in [-0.05, 0) is 66.8 Å². The molecular formula is C29H29ClN4O3S. The molecule has 1 aliphatic heterocycles. The number of hydrogen-bond donors (Lipinski definition) is 2. The summed E-state index contributed by atoms with van der Waals surface area (Å²) < 4.78 is 28.0. The third-order valence-corrected chi connectivity index (χ3v) is 9.33. The van der Waals surface area contributed by atoms with E-state index >= 15 is 0 Å². The summed E-state index contributed by atoms with van der Waals surface area (Å²) in [4.78, 5) is 12.4. The van der Waals surface area contributed by atoms with Crippen LogP contribution in [0.25, 0.3) is 0 Å². The lowest BCUT2D eigenvalue weighted by Gasteiger charge is -2.28. The minimum atomic E-state index is -4.01. The van der Waals surface area contributed by atoms with Crippen molar-refractivity contribution in [3.8, 4) is 0 Å². The molecule has 196 valence electrons. The average Bonchev–Trinajstić information content (AvgIpc) is 3.46. The van der Waals surface area contributed by atoms with Crippen molar-refractivity contribution in [1.82, 2.24) is 10.0 Å². The Hall–Kier alpha value is -3.36. The molecule has 3 aromatic carbocycles. The molecule has 1 fully saturated rings. The van der Waals surface area contributed by atoms with Crippen LogP contribution in [0.1, 0.15) is 54.8 Å². The van der Waals surface area contributed by atoms with E-state index in [0.717, 1.165) is 61.1 Å². The number of carbonyl (C=O) groups is 1. The zero-order valence-corrected chi connectivity index (χ0v) is 22.4. The fourth-order valence-electron chi connectivity index (χ4n) is 5.89. The molecule has 7 nitrogen and oxygen atoms in total. The van der Waals surface area contributed by atoms with Crippen LogP contribution in [0.3, 0.4) is 0 Å². The van der Waals surface area contributed by atoms with Gasteiger partial charge in [-0.2, -0.15) is 5.10 Å². The predicted molar refractivity (Wildman–Crippen MR) is 149 cm³/mol. The van der Waals surface area contributed by atoms with Crippen LogP contribution in [0.15, 0.2) is 82.8 Å². The lowest BCUT2D eigenvalue weighted by atomic mass is 9.90. The van der Waals surface area contributed by atoms with E-state index in [1.54, 1.807) is 12.1 Å². The lowest BCUT2D eigenvalue weighted by molar-refractivity contribution is 0.237. The fourth-order valence-corrected chi connectivity index (χ4v) is 6.93. The summed E-state index contributed by atoms with van der Waals surface area (Å²) in [6, 6.07) is 22.0. The molecule has 2 amide bonds. The first-order valence-corrected chi connectivity index (χ1v) is 14.9. The normalized spacial score (nSPS) is 21.0. The van der Waals surface area contributed by atoms with Gasteiger partial charge in [0.1, 0.15) is 0 Å². The molecule has 2 aliphatic carbocycles. The van der Waals surface area contributed by atoms with E-state index in [0.29, 0.717) is 5.02 Å². The number of carbonyl (C=O) groups excluding carboxylic acids is 1. The predicted octanol–water partition coefficient (Wildman–Crippen LogP) is 5.80. The summed E-state index contributed by atoms with van der Waals surface area (Å²) in [5.74, 6) is 0.169. The molecule has 6 rings (SSSR count). The third-order valence-electron chi connectivity index (χ3n) is 7.73. The summed E-state index contributed by atoms with van der Waals surface area (Å²) in [7, 11) is -4.01. The maximum atomic E-state index is 12.9. The molecule has 1 saturated carbocycles. The number of urea groups is 1. The Labute approximate surface area is 227 Å². The topological polar surface area (TPSA) is 90.9 Å². The SMILES string of the molecule is O=C(NC1CCCCC1)NS(=O)(=O)c1ccc(N2N=C3c4ccccc4CC3C2c2ccc(Cl)cc2)cc1. The second kappa shape index (κ2) is 10.1. The van der Waals surface area contributed by atoms with Gasteiger partial charge in [-0.3, -0.25) is 5.01 Å². The minimum Gasteiger partial charge on any atom is -0.335 e. The largest absolute Gasteiger partial charge is 0.335 e. The van der Waals surface area contributed by atoms with Gasteiger partial charge < -0.3 is 5.32 Å². The highest BCUT2D eigenvalue weighted by Crippen LogP contribution is 2.46. The molecule has 2 unspecified atom stereocenters. The van der Waals surface area contributed by atoms with Gasteiger partial charge in [-0.1, -0.05) is 67.3 Å². The lowest BCUT2D eigenvalue weighted by Crippen LogP contribution is -2.45. The van der Waals surface area contributed by atoms with Crippen molar-refractivity contribution in [1.29, 1.82) is 0 Å². The van der Waals surface area contributed by atoms with Gasteiger partial charge in [-0.15, -0.1) is 0 Å². The number of hydrazone groups is 1. The van der Waals surface area contributed by atoms with Crippen molar-refractivity contribution in [2.24, 2.45) is 11.0 Å². The first-order valence-electron chi connectivity index (χ1n) is 13.0. The van der Waals surface area contributed by atoms with E-state index in [1.807, 2.05) is 35.3 Å². The van der Waals surface area contributed by atoms with Gasteiger partial charge in [0.2, 0.25) is 0 Å². The van der Waals surface area contributed by atoms with Gasteiger partial charge in [0.05, 0.1) is 22.3 Å². The van der Waals surface area contributed by atoms with Crippen molar-refractivity contribution in [3.05, 3.63) is 94.5 Å². The third kappa shape index (κ3) is 4.78. The summed E-state index contributed by atoms with van der Waals surface area (Å²) in [6.07, 6.45) is 5.87. The molecule has 0 radical (unpaired) electrons. The number of benzene rings is 3. The molecule has 0 spiro atoms. The molecule has 0 bridgehead atoms. The molecule has 0 saturated heterocycles. The molecule has 1 heterocycles. The van der Waals surface area contributed by atoms with Crippen molar-refractivity contribution < 1.29 is 13.2 Å². The van der Waals surface area contributed by atoms with Gasteiger partial charge in [0.15, 0.2) is 0 Å². The van der Waals surface area contributed by atoms with Crippen LogP contribution in [0.2, 0.25) is 5.02 Å². The fraction of sp³-hybridized carbons (Fsp3) is 0.310. The number of amides is 2. The van der Waals surface area contributed by atoms with Crippen molar-refractivity contribution in [3.63, 3.8) is 0 Å². The monoisotopic (exact) mass is 548 g/mol. The summed E-state index contributed by atoms with van der Waals surface area (Å²) >= 11 is 6.17. The van der Waals surface area contributed by atoms with Crippen LogP contribution in [-0.4, -0.2) is 26.2 Å². The Balaban J connectivity index is 1.26. The molecule has 3 aromatic rings. The van der Waals surface area contributed by atoms with E-state index in [-0.39, 0.29) is 22.9 Å². The summed E-state index contributed by atoms with van der Waals surface area (Å²) in [5.41, 5.74) is 5.34. The summed E-state index contributed by atoms with van der Waals surface area (Å²) in [6.45, 7) is 0. The number of hydrogen-bond acceptors (Lipinski definition) is 5. The first kappa shape index (κ1) is 24.9. The molecule has 0 aromatic heterocycles. The summed E-state index contributed by atoms with van der Waals surface area (Å²) in [5, 5.41) is 10.5. The van der Waals surface area contributed by atoms with Gasteiger partial charge in [0.25, 0.3) is 10.0 Å². The Bertz CT molecular complexity index is 1480. The maximum Gasteiger partial charge on any atom is 0.328 e. The Kier molecular flexibility index (Phi) is 6.61. The zero-order valence-electron chi connectivity index (χ0n) is 20.8. The maximum absolute atomic E-state index is 12.9. The quantitative estimate of drug-likeness (QED) is 0.421. The average molecular weight is 549 g/mol. The smallest absolute Gasteiger partial charge is 0.328 e. The Morgan fingerprint density at radius 1 is 0.921 bits per heavy atom. The van der Waals surface area contributed by atoms with Crippen LogP contribution in [0.4, 0.5) is 10.5 Å². The Morgan fingerprint density at radius 3 is 2.37 bits per heavy atom. The number of anilines is 1. The highest BCUT2D eigenvalue weighted by Gasteiger charge is 2.44. The Morgan fingerprint density at radius 2 is 1.63 bits per heavy atom. The molecular weight excluding hydrogens is 520 g/mol. The number of fused-ring (bicyclic) bond motifs is 3. The second-order valence-electron chi connectivity index (χ2n) is 10.2. The van der Waals surface area contributed by atoms with Crippen LogP contribution in [0.5, 0.6) is 0 Å². The second-order valence-corrected chi connectivity index (χ2v) is 12.3. The highest BCUT2D eigenvalue weighted by molar-refractivity contribution is 7.90. The van der Waals surface area contributed by atoms with Gasteiger partial charge in [-0.25, -0.2) is 17.9 Å². The van der Waals surface area contributed by atoms with E-state index in [9.17, 15) is 13.2 Å². The number of sulfonamides is 1. The van der Waals surface area contributed by atoms with Crippen LogP contribution < -0.4 is 15.0 Å². The van der Waals surface area contributed by atoms with Crippen LogP contribution >= 0.6 is 11.6 Å². The highest BCUT2D eigenvalue weighted by atomic mass is 35.5. The molecule has 2 N–H and O–H groups in total. The standard InChI is InChI=1S/C29H29ClN4O3S/c30-21-12-10-19(11-13-21)28-26-18-20-6-4-5-9-25(20)27(26)32-34(28)23-14-16-24(17-15-23)38(36,37)33-29(35)31-22-7-2-1-3-8-22/h4-6,9-17,22,26,28H,1-3,7-8,18H2,(H2,31,33,35). The van der Waals surface area contributed by atoms with E-state index in [4.69, 9.17) is 16.7 Å². The zero-order chi connectivity index (χ0) is 26.3. The van der Waals surface area contributed by atoms with Gasteiger partial charge in [0, 0.05) is 22.5 Å². The van der Waals surface area contributed by atoms with Crippen LogP contribution in [0, 0.1) is 5.92 Å². The van der Waals surface area contributed by atoms with Crippen molar-refractivity contribution >= 4 is 39.1 Å².